The van der Waals surface area contributed by atoms with Gasteiger partial charge in [0.15, 0.2) is 6.29 Å². The highest BCUT2D eigenvalue weighted by Crippen LogP contribution is 2.64. The van der Waals surface area contributed by atoms with E-state index in [4.69, 9.17) is 18.9 Å². The number of carbonyl (C=O) groups excluding carboxylic acids is 1. The maximum atomic E-state index is 14.7. The van der Waals surface area contributed by atoms with Crippen LogP contribution in [-0.2, 0) is 14.2 Å². The number of unbranched alkanes of at least 4 members (excludes halogenated alkanes) is 4. The van der Waals surface area contributed by atoms with Gasteiger partial charge in [-0.25, -0.2) is 4.79 Å². The molecule has 2 fully saturated rings. The number of rotatable bonds is 18. The van der Waals surface area contributed by atoms with Crippen LogP contribution in [0.4, 0.5) is 74.6 Å². The number of ether oxygens (including phenoxy) is 4. The number of carbonyl (C=O) groups is 1. The molecular formula is C31H33F17O5. The van der Waals surface area contributed by atoms with Gasteiger partial charge in [-0.15, -0.1) is 0 Å². The van der Waals surface area contributed by atoms with E-state index in [2.05, 4.69) is 6.92 Å². The lowest BCUT2D eigenvalue weighted by Gasteiger charge is -2.43. The van der Waals surface area contributed by atoms with E-state index in [0.717, 1.165) is 32.1 Å². The van der Waals surface area contributed by atoms with E-state index in [-0.39, 0.29) is 18.4 Å². The Morgan fingerprint density at radius 1 is 0.698 bits per heavy atom. The fourth-order valence-electron chi connectivity index (χ4n) is 5.66. The monoisotopic (exact) mass is 808 g/mol. The van der Waals surface area contributed by atoms with Crippen molar-refractivity contribution in [3.05, 3.63) is 29.8 Å². The van der Waals surface area contributed by atoms with Crippen molar-refractivity contribution in [3.8, 4) is 5.75 Å². The largest absolute Gasteiger partial charge is 0.494 e. The van der Waals surface area contributed by atoms with Crippen LogP contribution in [0.2, 0.25) is 0 Å². The number of hydrogen-bond donors (Lipinski definition) is 0. The Labute approximate surface area is 290 Å². The van der Waals surface area contributed by atoms with Crippen LogP contribution in [0.1, 0.15) is 68.6 Å². The van der Waals surface area contributed by atoms with E-state index in [9.17, 15) is 79.4 Å². The van der Waals surface area contributed by atoms with Crippen LogP contribution in [0.25, 0.3) is 0 Å². The van der Waals surface area contributed by atoms with Crippen LogP contribution >= 0.6 is 0 Å². The van der Waals surface area contributed by atoms with E-state index in [1.54, 1.807) is 0 Å². The molecule has 1 aromatic rings. The second-order valence-corrected chi connectivity index (χ2v) is 12.7. The highest BCUT2D eigenvalue weighted by molar-refractivity contribution is 5.89. The standard InChI is InChI=1S/C31H33F17O5/c1-2-3-4-5-6-13-50-19-9-7-17(8-10-19)22(49)51-16-20-11-12-21-18(15-52-23(21)53-20)14-24(32,33)25(34,35)26(36,37)27(38,39)28(40,41)29(42,43)30(44,45)31(46,47)48/h7-10,18,20-21,23H,2-6,11-16H2,1H3/t18-,20-,21-,23-/m0/s1. The van der Waals surface area contributed by atoms with E-state index < -0.39 is 97.5 Å². The normalized spacial score (nSPS) is 22.5. The summed E-state index contributed by atoms with van der Waals surface area (Å²) in [7, 11) is 0. The summed E-state index contributed by atoms with van der Waals surface area (Å²) in [6.45, 7) is 1.05. The van der Waals surface area contributed by atoms with Gasteiger partial charge in [0.2, 0.25) is 0 Å². The van der Waals surface area contributed by atoms with Gasteiger partial charge in [-0.3, -0.25) is 0 Å². The van der Waals surface area contributed by atoms with Gasteiger partial charge in [-0.05, 0) is 49.4 Å². The highest BCUT2D eigenvalue weighted by atomic mass is 19.4. The molecule has 53 heavy (non-hydrogen) atoms. The SMILES string of the molecule is CCCCCCCOc1ccc(C(=O)OC[C@@H]2CC[C@H]3[C@@H](CC(F)(F)C(F)(F)C(F)(F)C(F)(F)C(F)(F)C(F)(F)C(F)(F)C(F)(F)F)CO[C@H]3O2)cc1. The quantitative estimate of drug-likeness (QED) is 0.0840. The summed E-state index contributed by atoms with van der Waals surface area (Å²) in [4.78, 5) is 12.5. The summed E-state index contributed by atoms with van der Waals surface area (Å²) in [6.07, 6.45) is -8.35. The first-order chi connectivity index (χ1) is 24.1. The van der Waals surface area contributed by atoms with Gasteiger partial charge in [0.1, 0.15) is 12.4 Å². The number of benzene rings is 1. The Morgan fingerprint density at radius 3 is 1.77 bits per heavy atom. The van der Waals surface area contributed by atoms with Crippen LogP contribution < -0.4 is 4.74 Å². The molecule has 306 valence electrons. The third kappa shape index (κ3) is 8.41. The maximum absolute atomic E-state index is 14.7. The van der Waals surface area contributed by atoms with E-state index in [1.165, 1.54) is 24.3 Å². The number of esters is 1. The molecule has 0 radical (unpaired) electrons. The van der Waals surface area contributed by atoms with Gasteiger partial charge in [0.25, 0.3) is 0 Å². The molecule has 0 N–H and O–H groups in total. The minimum Gasteiger partial charge on any atom is -0.494 e. The maximum Gasteiger partial charge on any atom is 0.460 e. The molecule has 5 nitrogen and oxygen atoms in total. The zero-order valence-electron chi connectivity index (χ0n) is 27.4. The summed E-state index contributed by atoms with van der Waals surface area (Å²) in [5.74, 6) is -60.4. The van der Waals surface area contributed by atoms with Crippen molar-refractivity contribution in [2.24, 2.45) is 11.8 Å². The summed E-state index contributed by atoms with van der Waals surface area (Å²) in [5, 5.41) is 0. The molecule has 0 spiro atoms. The van der Waals surface area contributed by atoms with Gasteiger partial charge >= 0.3 is 53.6 Å². The first-order valence-electron chi connectivity index (χ1n) is 16.0. The number of fused-ring (bicyclic) bond motifs is 1. The molecule has 0 bridgehead atoms. The third-order valence-corrected chi connectivity index (χ3v) is 8.89. The van der Waals surface area contributed by atoms with Crippen LogP contribution in [0, 0.1) is 11.8 Å². The molecule has 2 aliphatic rings. The molecule has 0 unspecified atom stereocenters. The van der Waals surface area contributed by atoms with Gasteiger partial charge < -0.3 is 18.9 Å². The zero-order valence-corrected chi connectivity index (χ0v) is 27.4. The molecule has 0 aromatic heterocycles. The lowest BCUT2D eigenvalue weighted by Crippen LogP contribution is -2.74. The first kappa shape index (κ1) is 44.6. The molecule has 0 saturated carbocycles. The molecule has 2 saturated heterocycles. The second-order valence-electron chi connectivity index (χ2n) is 12.7. The summed E-state index contributed by atoms with van der Waals surface area (Å²) < 4.78 is 253. The number of alkyl halides is 17. The van der Waals surface area contributed by atoms with Gasteiger partial charge in [-0.1, -0.05) is 32.6 Å². The van der Waals surface area contributed by atoms with E-state index in [1.807, 2.05) is 0 Å². The summed E-state index contributed by atoms with van der Waals surface area (Å²) in [6, 6.07) is 5.83. The Bertz CT molecular complexity index is 1370. The molecule has 22 heteroatoms. The Hall–Kier alpha value is -2.78. The topological polar surface area (TPSA) is 54.0 Å². The zero-order chi connectivity index (χ0) is 40.5. The van der Waals surface area contributed by atoms with Crippen LogP contribution in [0.3, 0.4) is 0 Å². The van der Waals surface area contributed by atoms with Gasteiger partial charge in [0, 0.05) is 12.3 Å². The van der Waals surface area contributed by atoms with Crippen molar-refractivity contribution in [1.82, 2.24) is 0 Å². The molecule has 0 aliphatic carbocycles. The Kier molecular flexibility index (Phi) is 13.3. The van der Waals surface area contributed by atoms with Gasteiger partial charge in [0.05, 0.1) is 24.9 Å². The fourth-order valence-corrected chi connectivity index (χ4v) is 5.66. The first-order valence-corrected chi connectivity index (χ1v) is 16.0. The average molecular weight is 809 g/mol. The van der Waals surface area contributed by atoms with Crippen molar-refractivity contribution < 1.29 is 98.4 Å². The van der Waals surface area contributed by atoms with Crippen molar-refractivity contribution in [2.45, 2.75) is 118 Å². The van der Waals surface area contributed by atoms with Crippen molar-refractivity contribution in [3.63, 3.8) is 0 Å². The van der Waals surface area contributed by atoms with Crippen LogP contribution in [0.15, 0.2) is 24.3 Å². The Balaban J connectivity index is 1.61. The lowest BCUT2D eigenvalue weighted by atomic mass is 9.81. The average Bonchev–Trinajstić information content (AvgIpc) is 3.45. The molecule has 0 amide bonds. The van der Waals surface area contributed by atoms with Crippen LogP contribution in [0.5, 0.6) is 5.75 Å². The molecule has 1 aromatic carbocycles. The molecule has 2 aliphatic heterocycles. The van der Waals surface area contributed by atoms with Crippen molar-refractivity contribution >= 4 is 5.97 Å². The predicted molar refractivity (Wildman–Crippen MR) is 147 cm³/mol. The van der Waals surface area contributed by atoms with Crippen LogP contribution in [-0.4, -0.2) is 85.8 Å². The summed E-state index contributed by atoms with van der Waals surface area (Å²) >= 11 is 0. The number of hydrogen-bond acceptors (Lipinski definition) is 5. The molecule has 3 rings (SSSR count). The molecule has 4 atom stereocenters. The fraction of sp³-hybridized carbons (Fsp3) is 0.774. The Morgan fingerprint density at radius 2 is 1.23 bits per heavy atom. The van der Waals surface area contributed by atoms with Gasteiger partial charge in [-0.2, -0.15) is 74.6 Å². The minimum atomic E-state index is -8.68. The highest BCUT2D eigenvalue weighted by Gasteiger charge is 2.95. The predicted octanol–water partition coefficient (Wildman–Crippen LogP) is 10.4. The van der Waals surface area contributed by atoms with E-state index >= 15 is 0 Å². The van der Waals surface area contributed by atoms with Crippen molar-refractivity contribution in [2.75, 3.05) is 19.8 Å². The van der Waals surface area contributed by atoms with Crippen molar-refractivity contribution in [1.29, 1.82) is 0 Å². The molecular weight excluding hydrogens is 775 g/mol. The molecule has 2 heterocycles. The minimum absolute atomic E-state index is 0.0900. The van der Waals surface area contributed by atoms with E-state index in [0.29, 0.717) is 12.4 Å². The smallest absolute Gasteiger partial charge is 0.460 e. The summed E-state index contributed by atoms with van der Waals surface area (Å²) in [5.41, 5.74) is 0.0900. The third-order valence-electron chi connectivity index (χ3n) is 8.89. The second kappa shape index (κ2) is 15.8. The lowest BCUT2D eigenvalue weighted by molar-refractivity contribution is -0.462. The number of halogens is 17.